The van der Waals surface area contributed by atoms with Crippen LogP contribution in [0.1, 0.15) is 19.8 Å². The summed E-state index contributed by atoms with van der Waals surface area (Å²) in [6.07, 6.45) is 7.77. The molecule has 0 aromatic heterocycles. The number of rotatable bonds is 5. The Balaban J connectivity index is 3.64. The van der Waals surface area contributed by atoms with Gasteiger partial charge in [-0.2, -0.15) is 8.42 Å². The van der Waals surface area contributed by atoms with Crippen molar-refractivity contribution < 1.29 is 17.2 Å². The molecule has 0 aliphatic carbocycles. The molecule has 0 unspecified atom stereocenters. The van der Waals surface area contributed by atoms with Gasteiger partial charge < -0.3 is 4.18 Å². The fourth-order valence-corrected chi connectivity index (χ4v) is 0.694. The van der Waals surface area contributed by atoms with Crippen LogP contribution in [0.2, 0.25) is 0 Å². The first-order valence-corrected chi connectivity index (χ1v) is 4.90. The first-order chi connectivity index (χ1) is 5.56. The summed E-state index contributed by atoms with van der Waals surface area (Å²) in [6.45, 7) is 2.03. The normalized spacial score (nSPS) is 12.8. The van der Waals surface area contributed by atoms with Crippen LogP contribution >= 0.6 is 0 Å². The lowest BCUT2D eigenvalue weighted by atomic mass is 10.3. The predicted molar refractivity (Wildman–Crippen MR) is 45.8 cm³/mol. The van der Waals surface area contributed by atoms with Crippen LogP contribution in [0.5, 0.6) is 0 Å². The molecule has 0 aliphatic rings. The predicted octanol–water partition coefficient (Wildman–Crippen LogP) is 1.68. The van der Waals surface area contributed by atoms with Gasteiger partial charge in [-0.25, -0.2) is 0 Å². The standard InChI is InChI=1S/C7H12O4S/c1-2-3-4-5-6-7-11-12(8,9)10/h4-7H,2-3H2,1H3,(H,8,9,10). The number of allylic oxidation sites excluding steroid dienone is 3. The van der Waals surface area contributed by atoms with Crippen molar-refractivity contribution in [3.63, 3.8) is 0 Å². The Morgan fingerprint density at radius 2 is 2.08 bits per heavy atom. The second-order valence-electron chi connectivity index (χ2n) is 2.07. The van der Waals surface area contributed by atoms with Gasteiger partial charge in [-0.3, -0.25) is 4.55 Å². The first-order valence-electron chi connectivity index (χ1n) is 3.53. The zero-order chi connectivity index (χ0) is 9.45. The largest absolute Gasteiger partial charge is 0.445 e. The van der Waals surface area contributed by atoms with E-state index in [9.17, 15) is 8.42 Å². The molecule has 0 aromatic carbocycles. The summed E-state index contributed by atoms with van der Waals surface area (Å²) in [6, 6.07) is 0. The molecule has 0 aromatic rings. The molecule has 0 atom stereocenters. The quantitative estimate of drug-likeness (QED) is 0.409. The summed E-state index contributed by atoms with van der Waals surface area (Å²) in [5, 5.41) is 0. The summed E-state index contributed by atoms with van der Waals surface area (Å²) >= 11 is 0. The molecule has 70 valence electrons. The van der Waals surface area contributed by atoms with Gasteiger partial charge in [-0.1, -0.05) is 25.5 Å². The van der Waals surface area contributed by atoms with Crippen molar-refractivity contribution in [2.75, 3.05) is 0 Å². The van der Waals surface area contributed by atoms with Gasteiger partial charge in [-0.05, 0) is 12.5 Å². The zero-order valence-corrected chi connectivity index (χ0v) is 7.62. The highest BCUT2D eigenvalue weighted by atomic mass is 32.3. The van der Waals surface area contributed by atoms with Gasteiger partial charge in [-0.15, -0.1) is 0 Å². The van der Waals surface area contributed by atoms with Crippen LogP contribution in [0.3, 0.4) is 0 Å². The van der Waals surface area contributed by atoms with E-state index in [2.05, 4.69) is 4.18 Å². The third kappa shape index (κ3) is 9.19. The SMILES string of the molecule is CCCC=CC=COS(=O)(=O)O. The molecule has 0 amide bonds. The Morgan fingerprint density at radius 3 is 2.58 bits per heavy atom. The molecule has 0 fully saturated rings. The lowest BCUT2D eigenvalue weighted by Gasteiger charge is -1.89. The Labute approximate surface area is 72.5 Å². The van der Waals surface area contributed by atoms with E-state index in [1.807, 2.05) is 13.0 Å². The van der Waals surface area contributed by atoms with Gasteiger partial charge in [0.05, 0.1) is 0 Å². The summed E-state index contributed by atoms with van der Waals surface area (Å²) < 4.78 is 32.0. The summed E-state index contributed by atoms with van der Waals surface area (Å²) in [4.78, 5) is 0. The number of hydrogen-bond donors (Lipinski definition) is 1. The molecule has 5 heteroatoms. The van der Waals surface area contributed by atoms with Gasteiger partial charge in [0, 0.05) is 0 Å². The van der Waals surface area contributed by atoms with Gasteiger partial charge in [0.2, 0.25) is 0 Å². The molecule has 0 rings (SSSR count). The van der Waals surface area contributed by atoms with Crippen LogP contribution in [0, 0.1) is 0 Å². The molecule has 0 saturated carbocycles. The van der Waals surface area contributed by atoms with Crippen LogP contribution in [0.4, 0.5) is 0 Å². The molecule has 0 saturated heterocycles. The van der Waals surface area contributed by atoms with Crippen LogP contribution in [0.25, 0.3) is 0 Å². The molecule has 4 nitrogen and oxygen atoms in total. The van der Waals surface area contributed by atoms with Gasteiger partial charge >= 0.3 is 10.4 Å². The van der Waals surface area contributed by atoms with Gasteiger partial charge in [0.25, 0.3) is 0 Å². The third-order valence-corrected chi connectivity index (χ3v) is 1.31. The van der Waals surface area contributed by atoms with Crippen LogP contribution in [-0.4, -0.2) is 13.0 Å². The highest BCUT2D eigenvalue weighted by Gasteiger charge is 1.97. The van der Waals surface area contributed by atoms with Crippen molar-refractivity contribution in [2.24, 2.45) is 0 Å². The first kappa shape index (κ1) is 11.2. The van der Waals surface area contributed by atoms with E-state index in [0.717, 1.165) is 19.1 Å². The van der Waals surface area contributed by atoms with Gasteiger partial charge in [0.15, 0.2) is 0 Å². The van der Waals surface area contributed by atoms with Crippen molar-refractivity contribution >= 4 is 10.4 Å². The van der Waals surface area contributed by atoms with Crippen molar-refractivity contribution in [1.82, 2.24) is 0 Å². The second kappa shape index (κ2) is 5.79. The Morgan fingerprint density at radius 1 is 1.42 bits per heavy atom. The maximum absolute atomic E-state index is 9.98. The molecule has 1 N–H and O–H groups in total. The van der Waals surface area contributed by atoms with Crippen molar-refractivity contribution in [2.45, 2.75) is 19.8 Å². The highest BCUT2D eigenvalue weighted by Crippen LogP contribution is 1.91. The Bertz CT molecular complexity index is 251. The van der Waals surface area contributed by atoms with Gasteiger partial charge in [0.1, 0.15) is 6.26 Å². The molecule has 0 radical (unpaired) electrons. The molecule has 0 bridgehead atoms. The second-order valence-corrected chi connectivity index (χ2v) is 3.12. The van der Waals surface area contributed by atoms with E-state index in [0.29, 0.717) is 0 Å². The highest BCUT2D eigenvalue weighted by molar-refractivity contribution is 7.81. The molecular formula is C7H12O4S. The van der Waals surface area contributed by atoms with Crippen LogP contribution < -0.4 is 0 Å². The van der Waals surface area contributed by atoms with Crippen LogP contribution in [0.15, 0.2) is 24.5 Å². The maximum Gasteiger partial charge on any atom is 0.445 e. The maximum atomic E-state index is 9.98. The molecule has 12 heavy (non-hydrogen) atoms. The fourth-order valence-electron chi connectivity index (χ4n) is 0.489. The molecule has 0 aliphatic heterocycles. The minimum absolute atomic E-state index is 0.904. The molecule has 0 spiro atoms. The average Bonchev–Trinajstić information content (AvgIpc) is 1.94. The monoisotopic (exact) mass is 192 g/mol. The molecule has 0 heterocycles. The minimum Gasteiger partial charge on any atom is -0.370 e. The topological polar surface area (TPSA) is 63.6 Å². The third-order valence-electron chi connectivity index (χ3n) is 0.958. The minimum atomic E-state index is -4.34. The van der Waals surface area contributed by atoms with E-state index in [-0.39, 0.29) is 0 Å². The number of unbranched alkanes of at least 4 members (excludes halogenated alkanes) is 1. The van der Waals surface area contributed by atoms with E-state index >= 15 is 0 Å². The summed E-state index contributed by atoms with van der Waals surface area (Å²) in [5.74, 6) is 0. The van der Waals surface area contributed by atoms with E-state index in [4.69, 9.17) is 4.55 Å². The van der Waals surface area contributed by atoms with Crippen molar-refractivity contribution in [3.8, 4) is 0 Å². The fraction of sp³-hybridized carbons (Fsp3) is 0.429. The lowest BCUT2D eigenvalue weighted by Crippen LogP contribution is -1.96. The van der Waals surface area contributed by atoms with Crippen molar-refractivity contribution in [3.05, 3.63) is 24.5 Å². The average molecular weight is 192 g/mol. The zero-order valence-electron chi connectivity index (χ0n) is 6.80. The van der Waals surface area contributed by atoms with E-state index in [1.54, 1.807) is 6.08 Å². The summed E-state index contributed by atoms with van der Waals surface area (Å²) in [7, 11) is -4.34. The molecular weight excluding hydrogens is 180 g/mol. The Kier molecular flexibility index (Phi) is 5.40. The van der Waals surface area contributed by atoms with E-state index < -0.39 is 10.4 Å². The summed E-state index contributed by atoms with van der Waals surface area (Å²) in [5.41, 5.74) is 0. The smallest absolute Gasteiger partial charge is 0.370 e. The number of hydrogen-bond acceptors (Lipinski definition) is 3. The Hall–Kier alpha value is -0.810. The van der Waals surface area contributed by atoms with Crippen molar-refractivity contribution in [1.29, 1.82) is 0 Å². The van der Waals surface area contributed by atoms with E-state index in [1.165, 1.54) is 6.08 Å². The lowest BCUT2D eigenvalue weighted by molar-refractivity contribution is 0.356. The van der Waals surface area contributed by atoms with Crippen LogP contribution in [-0.2, 0) is 14.6 Å².